The Bertz CT molecular complexity index is 1440. The van der Waals surface area contributed by atoms with E-state index in [1.807, 2.05) is 42.5 Å². The van der Waals surface area contributed by atoms with Gasteiger partial charge in [0.15, 0.2) is 5.84 Å². The average Bonchev–Trinajstić information content (AvgIpc) is 3.48. The number of rotatable bonds is 6. The van der Waals surface area contributed by atoms with Crippen molar-refractivity contribution in [2.75, 3.05) is 0 Å². The van der Waals surface area contributed by atoms with Crippen LogP contribution < -0.4 is 4.43 Å². The van der Waals surface area contributed by atoms with Crippen LogP contribution in [-0.4, -0.2) is 30.7 Å². The van der Waals surface area contributed by atoms with Gasteiger partial charge in [0.25, 0.3) is 5.91 Å². The highest BCUT2D eigenvalue weighted by Crippen LogP contribution is 2.38. The van der Waals surface area contributed by atoms with E-state index in [1.54, 1.807) is 35.6 Å². The molecule has 2 aromatic carbocycles. The number of carbonyl (C=O) groups is 1. The largest absolute Gasteiger partial charge is 0.543 e. The lowest BCUT2D eigenvalue weighted by atomic mass is 10.0. The second-order valence-electron chi connectivity index (χ2n) is 10.8. The molecule has 0 fully saturated rings. The summed E-state index contributed by atoms with van der Waals surface area (Å²) < 4.78 is 12.0. The molecular weight excluding hydrogens is 478 g/mol. The minimum Gasteiger partial charge on any atom is -0.543 e. The Balaban J connectivity index is 1.53. The fourth-order valence-corrected chi connectivity index (χ4v) is 4.94. The van der Waals surface area contributed by atoms with Gasteiger partial charge in [-0.1, -0.05) is 63.2 Å². The van der Waals surface area contributed by atoms with Crippen molar-refractivity contribution in [1.82, 2.24) is 4.90 Å². The highest BCUT2D eigenvalue weighted by atomic mass is 28.4. The van der Waals surface area contributed by atoms with E-state index in [1.165, 1.54) is 0 Å². The van der Waals surface area contributed by atoms with Gasteiger partial charge in [0.1, 0.15) is 17.2 Å². The highest BCUT2D eigenvalue weighted by Gasteiger charge is 2.39. The fraction of sp³-hybridized carbons (Fsp3) is 0.233. The summed E-state index contributed by atoms with van der Waals surface area (Å²) in [7, 11) is -2.01. The van der Waals surface area contributed by atoms with Crippen molar-refractivity contribution in [2.24, 2.45) is 9.98 Å². The molecule has 7 heteroatoms. The number of furan rings is 1. The molecular formula is C30H31N3O3Si. The molecule has 0 bridgehead atoms. The zero-order valence-corrected chi connectivity index (χ0v) is 22.9. The first kappa shape index (κ1) is 24.7. The van der Waals surface area contributed by atoms with Gasteiger partial charge < -0.3 is 8.84 Å². The smallest absolute Gasteiger partial charge is 0.282 e. The predicted molar refractivity (Wildman–Crippen MR) is 151 cm³/mol. The van der Waals surface area contributed by atoms with Crippen LogP contribution in [0, 0.1) is 0 Å². The normalized spacial score (nSPS) is 16.9. The summed E-state index contributed by atoms with van der Waals surface area (Å²) >= 11 is 0. The summed E-state index contributed by atoms with van der Waals surface area (Å²) in [6.45, 7) is 11.1. The SMILES string of the molecule is CC(C)(C)[Si](C)(C)Oc1cccc(C2=CN3C(=O)C(=Cc4ccco4)N=C3C(Cc3ccccc3)=N2)c1. The number of amides is 1. The van der Waals surface area contributed by atoms with E-state index in [-0.39, 0.29) is 10.9 Å². The standard InChI is InChI=1S/C30H31N3O3Si/c1-30(2,3)37(4,5)36-24-14-9-13-22(18-24)27-20-33-28(25(31-27)17-21-11-7-6-8-12-21)32-26(29(33)34)19-23-15-10-16-35-23/h6-16,18-20H,17H2,1-5H3. The molecule has 2 aliphatic heterocycles. The Morgan fingerprint density at radius 3 is 2.49 bits per heavy atom. The van der Waals surface area contributed by atoms with Gasteiger partial charge in [-0.3, -0.25) is 9.69 Å². The fourth-order valence-electron chi connectivity index (χ4n) is 3.92. The first-order chi connectivity index (χ1) is 17.6. The lowest BCUT2D eigenvalue weighted by molar-refractivity contribution is -0.120. The maximum absolute atomic E-state index is 13.4. The molecule has 0 unspecified atom stereocenters. The molecule has 37 heavy (non-hydrogen) atoms. The van der Waals surface area contributed by atoms with Crippen LogP contribution in [0.3, 0.4) is 0 Å². The third-order valence-electron chi connectivity index (χ3n) is 7.00. The lowest BCUT2D eigenvalue weighted by Gasteiger charge is -2.36. The number of amidine groups is 1. The molecule has 1 amide bonds. The molecule has 5 rings (SSSR count). The second-order valence-corrected chi connectivity index (χ2v) is 15.5. The number of hydrogen-bond acceptors (Lipinski definition) is 5. The number of nitrogens with zero attached hydrogens (tertiary/aromatic N) is 3. The van der Waals surface area contributed by atoms with Crippen LogP contribution in [0.5, 0.6) is 5.75 Å². The monoisotopic (exact) mass is 509 g/mol. The molecule has 0 N–H and O–H groups in total. The van der Waals surface area contributed by atoms with E-state index in [9.17, 15) is 4.79 Å². The third kappa shape index (κ3) is 5.13. The Hall–Kier alpha value is -3.97. The van der Waals surface area contributed by atoms with E-state index in [2.05, 4.69) is 51.0 Å². The molecule has 0 atom stereocenters. The number of benzene rings is 2. The molecule has 0 saturated carbocycles. The van der Waals surface area contributed by atoms with Gasteiger partial charge in [-0.25, -0.2) is 9.98 Å². The zero-order chi connectivity index (χ0) is 26.2. The Labute approximate surface area is 218 Å². The summed E-state index contributed by atoms with van der Waals surface area (Å²) in [5.74, 6) is 1.73. The van der Waals surface area contributed by atoms with Crippen LogP contribution in [0.1, 0.15) is 37.7 Å². The number of carbonyl (C=O) groups excluding carboxylic acids is 1. The summed E-state index contributed by atoms with van der Waals surface area (Å²) in [5.41, 5.74) is 3.72. The Morgan fingerprint density at radius 1 is 1.00 bits per heavy atom. The first-order valence-electron chi connectivity index (χ1n) is 12.4. The van der Waals surface area contributed by atoms with Crippen molar-refractivity contribution in [3.05, 3.63) is 102 Å². The van der Waals surface area contributed by atoms with Gasteiger partial charge in [0.05, 0.1) is 17.7 Å². The Kier molecular flexibility index (Phi) is 6.33. The summed E-state index contributed by atoms with van der Waals surface area (Å²) in [6, 6.07) is 21.6. The topological polar surface area (TPSA) is 67.4 Å². The molecule has 0 saturated heterocycles. The molecule has 6 nitrogen and oxygen atoms in total. The minimum absolute atomic E-state index is 0.0815. The Morgan fingerprint density at radius 2 is 1.78 bits per heavy atom. The molecule has 188 valence electrons. The summed E-state index contributed by atoms with van der Waals surface area (Å²) in [6.07, 6.45) is 5.56. The number of fused-ring (bicyclic) bond motifs is 1. The van der Waals surface area contributed by atoms with Crippen molar-refractivity contribution in [1.29, 1.82) is 0 Å². The van der Waals surface area contributed by atoms with Crippen LogP contribution >= 0.6 is 0 Å². The molecule has 0 aliphatic carbocycles. The molecule has 0 spiro atoms. The third-order valence-corrected chi connectivity index (χ3v) is 11.4. The highest BCUT2D eigenvalue weighted by molar-refractivity contribution is 6.74. The molecule has 2 aliphatic rings. The zero-order valence-electron chi connectivity index (χ0n) is 21.9. The van der Waals surface area contributed by atoms with Crippen molar-refractivity contribution in [3.8, 4) is 5.75 Å². The van der Waals surface area contributed by atoms with Gasteiger partial charge in [-0.05, 0) is 48.0 Å². The second kappa shape index (κ2) is 9.48. The number of aliphatic imine (C=N–C) groups is 2. The van der Waals surface area contributed by atoms with Crippen molar-refractivity contribution in [3.63, 3.8) is 0 Å². The van der Waals surface area contributed by atoms with E-state index >= 15 is 0 Å². The average molecular weight is 510 g/mol. The maximum Gasteiger partial charge on any atom is 0.282 e. The predicted octanol–water partition coefficient (Wildman–Crippen LogP) is 6.94. The maximum atomic E-state index is 13.4. The van der Waals surface area contributed by atoms with E-state index < -0.39 is 8.32 Å². The van der Waals surface area contributed by atoms with Crippen LogP contribution in [0.4, 0.5) is 0 Å². The van der Waals surface area contributed by atoms with Gasteiger partial charge in [0, 0.05) is 24.3 Å². The van der Waals surface area contributed by atoms with Gasteiger partial charge in [-0.15, -0.1) is 0 Å². The van der Waals surface area contributed by atoms with Gasteiger partial charge in [-0.2, -0.15) is 0 Å². The van der Waals surface area contributed by atoms with Crippen LogP contribution in [0.15, 0.2) is 99.3 Å². The van der Waals surface area contributed by atoms with Crippen LogP contribution in [0.2, 0.25) is 18.1 Å². The van der Waals surface area contributed by atoms with Crippen molar-refractivity contribution >= 4 is 37.5 Å². The van der Waals surface area contributed by atoms with Crippen molar-refractivity contribution in [2.45, 2.75) is 45.3 Å². The summed E-state index contributed by atoms with van der Waals surface area (Å²) in [4.78, 5) is 24.6. The molecule has 0 radical (unpaired) electrons. The van der Waals surface area contributed by atoms with Gasteiger partial charge >= 0.3 is 0 Å². The minimum atomic E-state index is -2.01. The molecule has 3 aromatic rings. The van der Waals surface area contributed by atoms with E-state index in [0.29, 0.717) is 29.4 Å². The van der Waals surface area contributed by atoms with Gasteiger partial charge in [0.2, 0.25) is 8.32 Å². The quantitative estimate of drug-likeness (QED) is 0.267. The summed E-state index contributed by atoms with van der Waals surface area (Å²) in [5, 5.41) is 0.0815. The number of hydrogen-bond donors (Lipinski definition) is 0. The van der Waals surface area contributed by atoms with Crippen molar-refractivity contribution < 1.29 is 13.6 Å². The molecule has 1 aromatic heterocycles. The van der Waals surface area contributed by atoms with Crippen LogP contribution in [-0.2, 0) is 11.2 Å². The van der Waals surface area contributed by atoms with E-state index in [4.69, 9.17) is 13.8 Å². The molecule has 3 heterocycles. The van der Waals surface area contributed by atoms with E-state index in [0.717, 1.165) is 22.6 Å². The lowest BCUT2D eigenvalue weighted by Crippen LogP contribution is -2.43. The first-order valence-corrected chi connectivity index (χ1v) is 15.3. The van der Waals surface area contributed by atoms with Crippen LogP contribution in [0.25, 0.3) is 11.8 Å².